The lowest BCUT2D eigenvalue weighted by Gasteiger charge is -2.07. The second kappa shape index (κ2) is 3.70. The molecule has 1 aromatic carbocycles. The number of hydrogen-bond donors (Lipinski definition) is 2. The molecule has 2 rings (SSSR count). The van der Waals surface area contributed by atoms with Crippen LogP contribution in [0.2, 0.25) is 0 Å². The molecule has 0 unspecified atom stereocenters. The summed E-state index contributed by atoms with van der Waals surface area (Å²) in [6.07, 6.45) is 0.471. The van der Waals surface area contributed by atoms with Crippen LogP contribution in [0.4, 0.5) is 4.79 Å². The fraction of sp³-hybridized carbons (Fsp3) is 0.200. The summed E-state index contributed by atoms with van der Waals surface area (Å²) in [4.78, 5) is 22.5. The number of benzene rings is 1. The van der Waals surface area contributed by atoms with Crippen LogP contribution in [0.3, 0.4) is 0 Å². The second-order valence-corrected chi connectivity index (χ2v) is 3.40. The lowest BCUT2D eigenvalue weighted by atomic mass is 10.1. The average Bonchev–Trinajstić information content (AvgIpc) is 2.48. The summed E-state index contributed by atoms with van der Waals surface area (Å²) in [5.41, 5.74) is 0.992. The van der Waals surface area contributed by atoms with Gasteiger partial charge in [0.25, 0.3) is 5.91 Å². The molecule has 1 heterocycles. The Morgan fingerprint density at radius 2 is 1.93 bits per heavy atom. The fourth-order valence-corrected chi connectivity index (χ4v) is 1.54. The summed E-state index contributed by atoms with van der Waals surface area (Å²) < 4.78 is 0. The summed E-state index contributed by atoms with van der Waals surface area (Å²) in [6, 6.07) is 8.39. The van der Waals surface area contributed by atoms with Gasteiger partial charge >= 0.3 is 6.03 Å². The van der Waals surface area contributed by atoms with Gasteiger partial charge in [0.15, 0.2) is 0 Å². The molecule has 1 aliphatic heterocycles. The Morgan fingerprint density at radius 3 is 2.47 bits per heavy atom. The van der Waals surface area contributed by atoms with Crippen molar-refractivity contribution in [1.29, 1.82) is 0 Å². The van der Waals surface area contributed by atoms with E-state index in [9.17, 15) is 9.59 Å². The van der Waals surface area contributed by atoms with Gasteiger partial charge in [0, 0.05) is 6.42 Å². The van der Waals surface area contributed by atoms with Crippen molar-refractivity contribution in [1.82, 2.24) is 10.3 Å². The van der Waals surface area contributed by atoms with Crippen LogP contribution in [0.15, 0.2) is 30.3 Å². The van der Waals surface area contributed by atoms with Crippen molar-refractivity contribution in [3.63, 3.8) is 0 Å². The highest BCUT2D eigenvalue weighted by molar-refractivity contribution is 6.03. The van der Waals surface area contributed by atoms with Crippen LogP contribution in [-0.4, -0.2) is 23.0 Å². The van der Waals surface area contributed by atoms with E-state index in [4.69, 9.17) is 5.84 Å². The quantitative estimate of drug-likeness (QED) is 0.406. The second-order valence-electron chi connectivity index (χ2n) is 3.40. The highest BCUT2D eigenvalue weighted by Crippen LogP contribution is 2.09. The Bertz CT molecular complexity index is 391. The summed E-state index contributed by atoms with van der Waals surface area (Å²) in [5, 5.41) is 3.13. The third kappa shape index (κ3) is 1.82. The van der Waals surface area contributed by atoms with Gasteiger partial charge < -0.3 is 5.32 Å². The zero-order chi connectivity index (χ0) is 10.8. The number of carbonyl (C=O) groups is 2. The number of nitrogens with one attached hydrogen (secondary N) is 1. The van der Waals surface area contributed by atoms with Crippen molar-refractivity contribution in [3.8, 4) is 0 Å². The van der Waals surface area contributed by atoms with Crippen LogP contribution in [0.25, 0.3) is 0 Å². The average molecular weight is 205 g/mol. The topological polar surface area (TPSA) is 75.4 Å². The predicted octanol–water partition coefficient (Wildman–Crippen LogP) is 0.0232. The van der Waals surface area contributed by atoms with Gasteiger partial charge in [0.2, 0.25) is 0 Å². The van der Waals surface area contributed by atoms with E-state index in [1.54, 1.807) is 0 Å². The normalized spacial score (nSPS) is 20.6. The first-order valence-electron chi connectivity index (χ1n) is 4.61. The van der Waals surface area contributed by atoms with E-state index in [2.05, 4.69) is 5.32 Å². The molecule has 1 aromatic rings. The molecule has 1 atom stereocenters. The Labute approximate surface area is 86.8 Å². The minimum atomic E-state index is -0.541. The molecule has 1 fully saturated rings. The minimum absolute atomic E-state index is 0.385. The van der Waals surface area contributed by atoms with Crippen molar-refractivity contribution in [3.05, 3.63) is 35.9 Å². The number of rotatable bonds is 2. The van der Waals surface area contributed by atoms with Crippen LogP contribution >= 0.6 is 0 Å². The van der Waals surface area contributed by atoms with E-state index in [1.807, 2.05) is 30.3 Å². The zero-order valence-electron chi connectivity index (χ0n) is 8.01. The van der Waals surface area contributed by atoms with Gasteiger partial charge in [-0.25, -0.2) is 10.6 Å². The summed E-state index contributed by atoms with van der Waals surface area (Å²) >= 11 is 0. The molecule has 5 nitrogen and oxygen atoms in total. The third-order valence-corrected chi connectivity index (χ3v) is 2.33. The number of hydrazine groups is 1. The first-order valence-corrected chi connectivity index (χ1v) is 4.61. The van der Waals surface area contributed by atoms with Crippen LogP contribution in [0, 0.1) is 0 Å². The van der Waals surface area contributed by atoms with Gasteiger partial charge in [-0.1, -0.05) is 30.3 Å². The summed E-state index contributed by atoms with van der Waals surface area (Å²) in [7, 11) is 0. The fourth-order valence-electron chi connectivity index (χ4n) is 1.54. The molecule has 0 radical (unpaired) electrons. The smallest absolute Gasteiger partial charge is 0.324 e. The molecule has 78 valence electrons. The van der Waals surface area contributed by atoms with Gasteiger partial charge in [0.1, 0.15) is 6.04 Å². The number of nitrogens with two attached hydrogens (primary N) is 1. The van der Waals surface area contributed by atoms with Crippen molar-refractivity contribution < 1.29 is 9.59 Å². The predicted molar refractivity (Wildman–Crippen MR) is 53.5 cm³/mol. The number of carbonyl (C=O) groups excluding carboxylic acids is 2. The number of urea groups is 1. The van der Waals surface area contributed by atoms with Gasteiger partial charge in [-0.2, -0.15) is 5.01 Å². The molecule has 1 aliphatic rings. The third-order valence-electron chi connectivity index (χ3n) is 2.33. The molecular formula is C10H11N3O2. The van der Waals surface area contributed by atoms with Gasteiger partial charge in [-0.15, -0.1) is 0 Å². The summed E-state index contributed by atoms with van der Waals surface area (Å²) in [5.74, 6) is 4.85. The molecule has 1 saturated heterocycles. The number of imide groups is 1. The lowest BCUT2D eigenvalue weighted by Crippen LogP contribution is -2.38. The maximum Gasteiger partial charge on any atom is 0.339 e. The number of hydrogen-bond acceptors (Lipinski definition) is 3. The van der Waals surface area contributed by atoms with Crippen molar-refractivity contribution in [2.75, 3.05) is 0 Å². The molecule has 5 heteroatoms. The molecule has 15 heavy (non-hydrogen) atoms. The number of amides is 3. The lowest BCUT2D eigenvalue weighted by molar-refractivity contribution is -0.127. The van der Waals surface area contributed by atoms with E-state index >= 15 is 0 Å². The summed E-state index contributed by atoms with van der Waals surface area (Å²) in [6.45, 7) is 0. The molecule has 0 aliphatic carbocycles. The monoisotopic (exact) mass is 205 g/mol. The standard InChI is InChI=1S/C10H11N3O2/c11-13-9(14)8(12-10(13)15)6-7-4-2-1-3-5-7/h1-5,8H,6,11H2,(H,12,15)/t8-/m0/s1. The van der Waals surface area contributed by atoms with Gasteiger partial charge in [-0.05, 0) is 5.56 Å². The Morgan fingerprint density at radius 1 is 1.27 bits per heavy atom. The zero-order valence-corrected chi connectivity index (χ0v) is 8.01. The van der Waals surface area contributed by atoms with Crippen LogP contribution in [0.1, 0.15) is 5.56 Å². The highest BCUT2D eigenvalue weighted by Gasteiger charge is 2.35. The Hall–Kier alpha value is -1.88. The molecule has 3 N–H and O–H groups in total. The van der Waals surface area contributed by atoms with Crippen LogP contribution in [0.5, 0.6) is 0 Å². The SMILES string of the molecule is NN1C(=O)N[C@@H](Cc2ccccc2)C1=O. The number of nitrogens with zero attached hydrogens (tertiary/aromatic N) is 1. The van der Waals surface area contributed by atoms with Crippen molar-refractivity contribution in [2.24, 2.45) is 5.84 Å². The van der Waals surface area contributed by atoms with E-state index in [0.29, 0.717) is 11.4 Å². The van der Waals surface area contributed by atoms with E-state index in [1.165, 1.54) is 0 Å². The maximum absolute atomic E-state index is 11.4. The first-order chi connectivity index (χ1) is 7.18. The Balaban J connectivity index is 2.09. The van der Waals surface area contributed by atoms with Gasteiger partial charge in [0.05, 0.1) is 0 Å². The maximum atomic E-state index is 11.4. The molecular weight excluding hydrogens is 194 g/mol. The van der Waals surface area contributed by atoms with E-state index in [0.717, 1.165) is 5.56 Å². The van der Waals surface area contributed by atoms with E-state index in [-0.39, 0.29) is 5.91 Å². The molecule has 0 saturated carbocycles. The van der Waals surface area contributed by atoms with Gasteiger partial charge in [-0.3, -0.25) is 4.79 Å². The Kier molecular flexibility index (Phi) is 2.39. The minimum Gasteiger partial charge on any atom is -0.324 e. The molecule has 3 amide bonds. The molecule has 0 bridgehead atoms. The molecule has 0 spiro atoms. The van der Waals surface area contributed by atoms with E-state index < -0.39 is 12.1 Å². The van der Waals surface area contributed by atoms with Crippen molar-refractivity contribution >= 4 is 11.9 Å². The first kappa shape index (κ1) is 9.67. The largest absolute Gasteiger partial charge is 0.339 e. The van der Waals surface area contributed by atoms with Crippen molar-refractivity contribution in [2.45, 2.75) is 12.5 Å². The van der Waals surface area contributed by atoms with Crippen LogP contribution in [-0.2, 0) is 11.2 Å². The highest BCUT2D eigenvalue weighted by atomic mass is 16.2. The molecule has 0 aromatic heterocycles. The van der Waals surface area contributed by atoms with Crippen LogP contribution < -0.4 is 11.2 Å².